The molecule has 0 spiro atoms. The Morgan fingerprint density at radius 2 is 1.97 bits per heavy atom. The van der Waals surface area contributed by atoms with Crippen LogP contribution in [-0.4, -0.2) is 19.4 Å². The van der Waals surface area contributed by atoms with Gasteiger partial charge in [-0.2, -0.15) is 4.98 Å². The average molecular weight is 467 g/mol. The van der Waals surface area contributed by atoms with Crippen LogP contribution in [0.15, 0.2) is 60.8 Å². The second-order valence-corrected chi connectivity index (χ2v) is 8.52. The number of hydrogen-bond acceptors (Lipinski definition) is 4. The second-order valence-electron chi connectivity index (χ2n) is 7.45. The van der Waals surface area contributed by atoms with Gasteiger partial charge in [0.05, 0.1) is 16.1 Å². The van der Waals surface area contributed by atoms with E-state index in [1.807, 2.05) is 31.4 Å². The van der Waals surface area contributed by atoms with E-state index < -0.39 is 8.25 Å². The van der Waals surface area contributed by atoms with E-state index in [1.165, 1.54) is 0 Å². The summed E-state index contributed by atoms with van der Waals surface area (Å²) in [5.74, 6) is 0.686. The third-order valence-electron chi connectivity index (χ3n) is 5.30. The molecule has 2 aromatic heterocycles. The van der Waals surface area contributed by atoms with Crippen LogP contribution in [0.3, 0.4) is 0 Å². The molecule has 0 radical (unpaired) electrons. The number of rotatable bonds is 5. The fourth-order valence-electron chi connectivity index (χ4n) is 3.66. The summed E-state index contributed by atoms with van der Waals surface area (Å²) >= 11 is 6.59. The second kappa shape index (κ2) is 7.95. The number of halogens is 1. The number of aryl methyl sites for hydroxylation is 2. The van der Waals surface area contributed by atoms with Gasteiger partial charge in [-0.1, -0.05) is 23.7 Å². The first-order valence-electron chi connectivity index (χ1n) is 9.75. The van der Waals surface area contributed by atoms with Crippen LogP contribution in [0.4, 0.5) is 0 Å². The molecule has 0 saturated heterocycles. The SMILES string of the molecule is Cc1ccc(Oc2nc3cc(-c4ccc5c(ccn5C)c4)c(Cl)cc3[nH]2)cc1O[P+](=O)O. The number of nitrogens with one attached hydrogen (secondary N) is 1. The van der Waals surface area contributed by atoms with E-state index in [1.54, 1.807) is 25.1 Å². The lowest BCUT2D eigenvalue weighted by Crippen LogP contribution is -1.89. The quantitative estimate of drug-likeness (QED) is 0.288. The van der Waals surface area contributed by atoms with Crippen LogP contribution in [0.1, 0.15) is 5.56 Å². The van der Waals surface area contributed by atoms with Gasteiger partial charge in [0.25, 0.3) is 6.01 Å². The molecular formula is C23H18ClN3O4P+. The Bertz CT molecular complexity index is 1510. The first kappa shape index (κ1) is 20.5. The molecule has 0 saturated carbocycles. The van der Waals surface area contributed by atoms with E-state index in [-0.39, 0.29) is 11.8 Å². The van der Waals surface area contributed by atoms with Crippen molar-refractivity contribution in [1.82, 2.24) is 14.5 Å². The Hall–Kier alpha value is -3.38. The fraction of sp³-hybridized carbons (Fsp3) is 0.0870. The lowest BCUT2D eigenvalue weighted by atomic mass is 10.0. The van der Waals surface area contributed by atoms with Gasteiger partial charge in [0.2, 0.25) is 0 Å². The molecule has 0 aliphatic rings. The van der Waals surface area contributed by atoms with Crippen LogP contribution in [-0.2, 0) is 11.6 Å². The van der Waals surface area contributed by atoms with Gasteiger partial charge in [-0.25, -0.2) is 4.52 Å². The van der Waals surface area contributed by atoms with E-state index in [2.05, 4.69) is 32.7 Å². The van der Waals surface area contributed by atoms with Gasteiger partial charge in [-0.05, 0) is 54.4 Å². The molecule has 3 aromatic carbocycles. The molecule has 5 rings (SSSR count). The van der Waals surface area contributed by atoms with Crippen molar-refractivity contribution in [2.24, 2.45) is 7.05 Å². The number of imidazole rings is 1. The molecule has 0 aliphatic carbocycles. The molecule has 0 aliphatic heterocycles. The standard InChI is InChI=1S/C23H17ClN3O4P/c1-13-3-5-16(10-22(13)31-32(28)29)30-23-25-19-11-17(18(24)12-20(19)26-23)14-4-6-21-15(9-14)7-8-27(21)2/h3-12H,1-2H3,(H-,25,26,28,29)/p+1. The lowest BCUT2D eigenvalue weighted by Gasteiger charge is -2.06. The van der Waals surface area contributed by atoms with Gasteiger partial charge < -0.3 is 14.3 Å². The summed E-state index contributed by atoms with van der Waals surface area (Å²) in [6.07, 6.45) is 2.02. The number of fused-ring (bicyclic) bond motifs is 2. The highest BCUT2D eigenvalue weighted by atomic mass is 35.5. The third kappa shape index (κ3) is 3.82. The predicted molar refractivity (Wildman–Crippen MR) is 125 cm³/mol. The summed E-state index contributed by atoms with van der Waals surface area (Å²) in [5, 5.41) is 1.73. The Balaban J connectivity index is 1.49. The van der Waals surface area contributed by atoms with E-state index in [4.69, 9.17) is 25.8 Å². The molecule has 160 valence electrons. The highest BCUT2D eigenvalue weighted by molar-refractivity contribution is 7.32. The molecule has 2 heterocycles. The van der Waals surface area contributed by atoms with Gasteiger partial charge in [-0.15, -0.1) is 4.89 Å². The van der Waals surface area contributed by atoms with Crippen molar-refractivity contribution < 1.29 is 18.7 Å². The molecule has 32 heavy (non-hydrogen) atoms. The van der Waals surface area contributed by atoms with E-state index >= 15 is 0 Å². The number of H-pyrrole nitrogens is 1. The molecule has 1 atom stereocenters. The zero-order valence-corrected chi connectivity index (χ0v) is 18.8. The molecule has 5 aromatic rings. The van der Waals surface area contributed by atoms with Crippen molar-refractivity contribution >= 4 is 41.8 Å². The summed E-state index contributed by atoms with van der Waals surface area (Å²) in [6.45, 7) is 1.77. The minimum Gasteiger partial charge on any atom is -0.425 e. The van der Waals surface area contributed by atoms with Crippen molar-refractivity contribution in [3.05, 3.63) is 71.4 Å². The van der Waals surface area contributed by atoms with Crippen molar-refractivity contribution in [1.29, 1.82) is 0 Å². The van der Waals surface area contributed by atoms with Gasteiger partial charge >= 0.3 is 8.25 Å². The van der Waals surface area contributed by atoms with Crippen molar-refractivity contribution in [3.63, 3.8) is 0 Å². The Morgan fingerprint density at radius 1 is 1.12 bits per heavy atom. The van der Waals surface area contributed by atoms with Gasteiger partial charge in [0.15, 0.2) is 5.75 Å². The van der Waals surface area contributed by atoms with Gasteiger partial charge in [0, 0.05) is 40.3 Å². The lowest BCUT2D eigenvalue weighted by molar-refractivity contribution is 0.406. The highest BCUT2D eigenvalue weighted by Crippen LogP contribution is 2.35. The zero-order valence-electron chi connectivity index (χ0n) is 17.2. The molecular weight excluding hydrogens is 449 g/mol. The number of aromatic nitrogens is 3. The third-order valence-corrected chi connectivity index (χ3v) is 5.96. The Kier molecular flexibility index (Phi) is 5.10. The molecule has 7 nitrogen and oxygen atoms in total. The van der Waals surface area contributed by atoms with Crippen LogP contribution in [0.2, 0.25) is 5.02 Å². The van der Waals surface area contributed by atoms with Crippen LogP contribution < -0.4 is 9.26 Å². The van der Waals surface area contributed by atoms with Crippen molar-refractivity contribution in [3.8, 4) is 28.6 Å². The zero-order chi connectivity index (χ0) is 22.4. The number of aromatic amines is 1. The van der Waals surface area contributed by atoms with Crippen LogP contribution in [0.5, 0.6) is 17.5 Å². The first-order chi connectivity index (χ1) is 15.4. The van der Waals surface area contributed by atoms with Crippen molar-refractivity contribution in [2.45, 2.75) is 6.92 Å². The molecule has 9 heteroatoms. The number of benzene rings is 3. The van der Waals surface area contributed by atoms with E-state index in [0.29, 0.717) is 21.9 Å². The molecule has 0 amide bonds. The molecule has 1 unspecified atom stereocenters. The Morgan fingerprint density at radius 3 is 2.78 bits per heavy atom. The maximum absolute atomic E-state index is 11.0. The van der Waals surface area contributed by atoms with Crippen LogP contribution in [0.25, 0.3) is 33.1 Å². The summed E-state index contributed by atoms with van der Waals surface area (Å²) < 4.78 is 23.8. The maximum atomic E-state index is 11.0. The summed E-state index contributed by atoms with van der Waals surface area (Å²) in [5.41, 5.74) is 5.17. The number of nitrogens with zero attached hydrogens (tertiary/aromatic N) is 2. The van der Waals surface area contributed by atoms with E-state index in [9.17, 15) is 4.57 Å². The predicted octanol–water partition coefficient (Wildman–Crippen LogP) is 6.50. The minimum absolute atomic E-state index is 0.267. The fourth-order valence-corrected chi connectivity index (χ4v) is 4.30. The topological polar surface area (TPSA) is 89.4 Å². The van der Waals surface area contributed by atoms with Crippen LogP contribution >= 0.6 is 19.9 Å². The first-order valence-corrected chi connectivity index (χ1v) is 11.3. The largest absolute Gasteiger partial charge is 0.747 e. The molecule has 2 N–H and O–H groups in total. The average Bonchev–Trinajstić information content (AvgIpc) is 3.31. The van der Waals surface area contributed by atoms with Crippen LogP contribution in [0, 0.1) is 6.92 Å². The highest BCUT2D eigenvalue weighted by Gasteiger charge is 2.18. The number of ether oxygens (including phenoxy) is 1. The minimum atomic E-state index is -2.77. The summed E-state index contributed by atoms with van der Waals surface area (Å²) in [4.78, 5) is 16.7. The van der Waals surface area contributed by atoms with Gasteiger partial charge in [0.1, 0.15) is 5.75 Å². The van der Waals surface area contributed by atoms with Crippen molar-refractivity contribution in [2.75, 3.05) is 0 Å². The summed E-state index contributed by atoms with van der Waals surface area (Å²) in [7, 11) is -0.752. The molecule has 0 bridgehead atoms. The molecule has 0 fully saturated rings. The smallest absolute Gasteiger partial charge is 0.425 e. The number of hydrogen-bond donors (Lipinski definition) is 2. The van der Waals surface area contributed by atoms with E-state index in [0.717, 1.165) is 27.5 Å². The maximum Gasteiger partial charge on any atom is 0.747 e. The monoisotopic (exact) mass is 466 g/mol. The summed E-state index contributed by atoms with van der Waals surface area (Å²) in [6, 6.07) is 17.3. The Labute approximate surface area is 189 Å². The van der Waals surface area contributed by atoms with Gasteiger partial charge in [-0.3, -0.25) is 0 Å². The normalized spacial score (nSPS) is 11.8.